The molecule has 1 aromatic carbocycles. The minimum Gasteiger partial charge on any atom is -0.496 e. The monoisotopic (exact) mass is 278 g/mol. The fraction of sp³-hybridized carbons (Fsp3) is 0.0625. The number of carbonyl (C=O) groups excluding carboxylic acids is 1. The molecular weight excluding hydrogens is 268 g/mol. The van der Waals surface area contributed by atoms with Gasteiger partial charge in [0.1, 0.15) is 5.75 Å². The summed E-state index contributed by atoms with van der Waals surface area (Å²) in [6.07, 6.45) is 1.76. The van der Waals surface area contributed by atoms with Crippen molar-refractivity contribution in [1.82, 2.24) is 9.97 Å². The van der Waals surface area contributed by atoms with Crippen LogP contribution in [0.5, 0.6) is 5.75 Å². The number of rotatable bonds is 1. The molecule has 1 N–H and O–H groups in total. The Kier molecular flexibility index (Phi) is 2.27. The summed E-state index contributed by atoms with van der Waals surface area (Å²) in [6.45, 7) is 0. The van der Waals surface area contributed by atoms with Crippen molar-refractivity contribution in [3.63, 3.8) is 0 Å². The van der Waals surface area contributed by atoms with E-state index in [-0.39, 0.29) is 11.3 Å². The van der Waals surface area contributed by atoms with Crippen LogP contribution in [0.1, 0.15) is 15.9 Å². The molecule has 0 amide bonds. The van der Waals surface area contributed by atoms with Gasteiger partial charge in [0.15, 0.2) is 5.78 Å². The third-order valence-corrected chi connectivity index (χ3v) is 3.73. The summed E-state index contributed by atoms with van der Waals surface area (Å²) in [7, 11) is 1.57. The van der Waals surface area contributed by atoms with Gasteiger partial charge >= 0.3 is 0 Å². The van der Waals surface area contributed by atoms with E-state index in [1.807, 2.05) is 6.07 Å². The number of H-pyrrole nitrogens is 1. The number of hydrogen-bond acceptors (Lipinski definition) is 4. The predicted molar refractivity (Wildman–Crippen MR) is 77.8 cm³/mol. The van der Waals surface area contributed by atoms with Gasteiger partial charge in [-0.25, -0.2) is 4.98 Å². The molecular formula is C16H10N2O3. The largest absolute Gasteiger partial charge is 0.496 e. The maximum atomic E-state index is 12.6. The minimum atomic E-state index is -0.373. The topological polar surface area (TPSA) is 72.1 Å². The van der Waals surface area contributed by atoms with Crippen LogP contribution in [0.4, 0.5) is 0 Å². The number of fused-ring (bicyclic) bond motifs is 5. The minimum absolute atomic E-state index is 0.127. The number of ether oxygens (including phenoxy) is 1. The van der Waals surface area contributed by atoms with Crippen molar-refractivity contribution in [3.8, 4) is 17.0 Å². The van der Waals surface area contributed by atoms with Gasteiger partial charge in [0, 0.05) is 28.8 Å². The van der Waals surface area contributed by atoms with E-state index in [1.54, 1.807) is 31.5 Å². The summed E-state index contributed by atoms with van der Waals surface area (Å²) in [5.74, 6) is 0.518. The van der Waals surface area contributed by atoms with E-state index in [2.05, 4.69) is 9.97 Å². The van der Waals surface area contributed by atoms with Crippen molar-refractivity contribution < 1.29 is 9.53 Å². The Hall–Kier alpha value is -2.95. The Labute approximate surface area is 119 Å². The van der Waals surface area contributed by atoms with Crippen LogP contribution < -0.4 is 10.3 Å². The molecule has 102 valence electrons. The quantitative estimate of drug-likeness (QED) is 0.579. The average molecular weight is 278 g/mol. The Morgan fingerprint density at radius 1 is 1.14 bits per heavy atom. The molecule has 4 rings (SSSR count). The number of aromatic nitrogens is 2. The van der Waals surface area contributed by atoms with Crippen LogP contribution in [-0.2, 0) is 0 Å². The van der Waals surface area contributed by atoms with Gasteiger partial charge in [-0.05, 0) is 18.2 Å². The van der Waals surface area contributed by atoms with E-state index >= 15 is 0 Å². The fourth-order valence-corrected chi connectivity index (χ4v) is 2.83. The Morgan fingerprint density at radius 2 is 2.00 bits per heavy atom. The highest BCUT2D eigenvalue weighted by molar-refractivity contribution is 6.26. The number of methoxy groups -OCH3 is 1. The lowest BCUT2D eigenvalue weighted by Gasteiger charge is -2.06. The molecule has 5 heteroatoms. The van der Waals surface area contributed by atoms with E-state index < -0.39 is 0 Å². The summed E-state index contributed by atoms with van der Waals surface area (Å²) in [5.41, 5.74) is 2.37. The van der Waals surface area contributed by atoms with Crippen molar-refractivity contribution in [2.75, 3.05) is 7.11 Å². The Morgan fingerprint density at radius 3 is 2.81 bits per heavy atom. The zero-order valence-electron chi connectivity index (χ0n) is 11.1. The third-order valence-electron chi connectivity index (χ3n) is 3.73. The molecule has 21 heavy (non-hydrogen) atoms. The first kappa shape index (κ1) is 11.8. The maximum absolute atomic E-state index is 12.6. The lowest BCUT2D eigenvalue weighted by molar-refractivity contribution is 0.104. The molecule has 0 unspecified atom stereocenters. The number of aromatic amines is 1. The zero-order chi connectivity index (χ0) is 14.6. The van der Waals surface area contributed by atoms with Crippen molar-refractivity contribution >= 4 is 16.7 Å². The van der Waals surface area contributed by atoms with Gasteiger partial charge in [0.25, 0.3) is 5.56 Å². The van der Waals surface area contributed by atoms with Gasteiger partial charge in [0.05, 0.1) is 23.9 Å². The highest BCUT2D eigenvalue weighted by Gasteiger charge is 2.31. The third kappa shape index (κ3) is 1.48. The lowest BCUT2D eigenvalue weighted by atomic mass is 10.0. The first-order chi connectivity index (χ1) is 10.2. The van der Waals surface area contributed by atoms with Crippen molar-refractivity contribution in [2.45, 2.75) is 0 Å². The molecule has 0 saturated heterocycles. The summed E-state index contributed by atoms with van der Waals surface area (Å²) in [4.78, 5) is 31.4. The SMILES string of the molecule is COc1cc2c(c3[nH]ccc13)C(=O)c1cccc(=O)nc1-2. The van der Waals surface area contributed by atoms with Gasteiger partial charge in [-0.3, -0.25) is 9.59 Å². The molecule has 0 aliphatic heterocycles. The number of hydrogen-bond donors (Lipinski definition) is 1. The van der Waals surface area contributed by atoms with Crippen LogP contribution in [0.3, 0.4) is 0 Å². The molecule has 2 aromatic heterocycles. The smallest absolute Gasteiger partial charge is 0.270 e. The van der Waals surface area contributed by atoms with Crippen molar-refractivity contribution in [1.29, 1.82) is 0 Å². The van der Waals surface area contributed by atoms with Gasteiger partial charge in [-0.1, -0.05) is 6.07 Å². The summed E-state index contributed by atoms with van der Waals surface area (Å²) in [6, 6.07) is 8.16. The molecule has 0 radical (unpaired) electrons. The number of carbonyl (C=O) groups is 1. The standard InChI is InChI=1S/C16H10N2O3/c1-21-11-7-10-13(15-8(11)5-6-17-15)16(20)9-3-2-4-12(19)18-14(9)10/h2-7,17H,1H3. The van der Waals surface area contributed by atoms with Crippen LogP contribution in [0.25, 0.3) is 22.2 Å². The Balaban J connectivity index is 2.20. The summed E-state index contributed by atoms with van der Waals surface area (Å²) < 4.78 is 5.38. The van der Waals surface area contributed by atoms with E-state index in [0.717, 1.165) is 5.39 Å². The maximum Gasteiger partial charge on any atom is 0.270 e. The second-order valence-corrected chi connectivity index (χ2v) is 4.83. The van der Waals surface area contributed by atoms with E-state index in [4.69, 9.17) is 4.74 Å². The molecule has 0 bridgehead atoms. The molecule has 1 aliphatic carbocycles. The molecule has 5 nitrogen and oxygen atoms in total. The van der Waals surface area contributed by atoms with Crippen molar-refractivity contribution in [3.05, 3.63) is 58.0 Å². The van der Waals surface area contributed by atoms with Crippen LogP contribution in [-0.4, -0.2) is 22.9 Å². The molecule has 3 aromatic rings. The normalized spacial score (nSPS) is 12.3. The summed E-state index contributed by atoms with van der Waals surface area (Å²) in [5, 5.41) is 0.837. The molecule has 0 spiro atoms. The molecule has 2 heterocycles. The second kappa shape index (κ2) is 4.02. The highest BCUT2D eigenvalue weighted by Crippen LogP contribution is 2.41. The lowest BCUT2D eigenvalue weighted by Crippen LogP contribution is -2.00. The van der Waals surface area contributed by atoms with Gasteiger partial charge in [-0.2, -0.15) is 0 Å². The molecule has 0 saturated carbocycles. The van der Waals surface area contributed by atoms with Crippen LogP contribution in [0.2, 0.25) is 0 Å². The molecule has 1 aliphatic rings. The van der Waals surface area contributed by atoms with Crippen LogP contribution in [0, 0.1) is 0 Å². The predicted octanol–water partition coefficient (Wildman–Crippen LogP) is 2.14. The number of nitrogens with one attached hydrogen (secondary N) is 1. The second-order valence-electron chi connectivity index (χ2n) is 4.83. The highest BCUT2D eigenvalue weighted by atomic mass is 16.5. The average Bonchev–Trinajstić information content (AvgIpc) is 2.98. The molecule has 0 atom stereocenters. The van der Waals surface area contributed by atoms with Crippen LogP contribution in [0.15, 0.2) is 41.3 Å². The zero-order valence-corrected chi connectivity index (χ0v) is 11.1. The first-order valence-corrected chi connectivity index (χ1v) is 6.45. The fourth-order valence-electron chi connectivity index (χ4n) is 2.83. The van der Waals surface area contributed by atoms with Gasteiger partial charge in [-0.15, -0.1) is 0 Å². The van der Waals surface area contributed by atoms with E-state index in [0.29, 0.717) is 33.7 Å². The Bertz CT molecular complexity index is 973. The van der Waals surface area contributed by atoms with Crippen molar-refractivity contribution in [2.24, 2.45) is 0 Å². The van der Waals surface area contributed by atoms with Gasteiger partial charge in [0.2, 0.25) is 0 Å². The van der Waals surface area contributed by atoms with E-state index in [9.17, 15) is 9.59 Å². The first-order valence-electron chi connectivity index (χ1n) is 6.45. The summed E-state index contributed by atoms with van der Waals surface area (Å²) >= 11 is 0. The van der Waals surface area contributed by atoms with Crippen LogP contribution >= 0.6 is 0 Å². The number of nitrogens with zero attached hydrogens (tertiary/aromatic N) is 1. The number of benzene rings is 1. The number of ketones is 1. The van der Waals surface area contributed by atoms with Gasteiger partial charge < -0.3 is 9.72 Å². The van der Waals surface area contributed by atoms with E-state index in [1.165, 1.54) is 6.07 Å². The molecule has 0 fully saturated rings.